The predicted molar refractivity (Wildman–Crippen MR) is 57.8 cm³/mol. The maximum atomic E-state index is 12.7. The minimum atomic E-state index is -4.70. The highest BCUT2D eigenvalue weighted by Gasteiger charge is 2.20. The lowest BCUT2D eigenvalue weighted by Gasteiger charge is -2.02. The predicted octanol–water partition coefficient (Wildman–Crippen LogP) is 3.63. The van der Waals surface area contributed by atoms with Gasteiger partial charge >= 0.3 is 10.2 Å². The quantitative estimate of drug-likeness (QED) is 0.679. The average Bonchev–Trinajstić information content (AvgIpc) is 1.78. The molecule has 13 heavy (non-hydrogen) atoms. The van der Waals surface area contributed by atoms with Crippen molar-refractivity contribution in [3.05, 3.63) is 25.6 Å². The fourth-order valence-corrected chi connectivity index (χ4v) is 4.76. The van der Waals surface area contributed by atoms with Crippen LogP contribution in [0, 0.1) is 0 Å². The molecule has 0 N–H and O–H groups in total. The second-order valence-corrected chi connectivity index (χ2v) is 6.04. The molecule has 0 aliphatic carbocycles. The molecule has 0 aliphatic rings. The van der Waals surface area contributed by atoms with E-state index in [4.69, 9.17) is 0 Å². The van der Waals surface area contributed by atoms with Gasteiger partial charge in [0.15, 0.2) is 0 Å². The van der Waals surface area contributed by atoms with Crippen molar-refractivity contribution in [1.29, 1.82) is 0 Å². The smallest absolute Gasteiger partial charge is 0.189 e. The molecule has 0 saturated heterocycles. The summed E-state index contributed by atoms with van der Waals surface area (Å²) in [5, 5.41) is 0. The van der Waals surface area contributed by atoms with Crippen molar-refractivity contribution in [1.82, 2.24) is 0 Å². The van der Waals surface area contributed by atoms with Gasteiger partial charge in [0.25, 0.3) is 0 Å². The van der Waals surface area contributed by atoms with Crippen LogP contribution in [0.5, 0.6) is 0 Å². The molecular formula is C6H2Br3FO2S. The van der Waals surface area contributed by atoms with Crippen LogP contribution in [0.4, 0.5) is 3.89 Å². The molecule has 72 valence electrons. The molecule has 0 atom stereocenters. The van der Waals surface area contributed by atoms with E-state index < -0.39 is 15.1 Å². The van der Waals surface area contributed by atoms with Gasteiger partial charge in [0.2, 0.25) is 0 Å². The van der Waals surface area contributed by atoms with E-state index >= 15 is 0 Å². The molecule has 0 radical (unpaired) electrons. The summed E-state index contributed by atoms with van der Waals surface area (Å²) in [4.78, 5) is -0.393. The van der Waals surface area contributed by atoms with E-state index in [1.807, 2.05) is 0 Å². The van der Waals surface area contributed by atoms with Crippen molar-refractivity contribution < 1.29 is 12.3 Å². The third kappa shape index (κ3) is 2.74. The Morgan fingerprint density at radius 3 is 1.77 bits per heavy atom. The second kappa shape index (κ2) is 3.96. The fraction of sp³-hybridized carbons (Fsp3) is 0. The largest absolute Gasteiger partial charge is 0.334 e. The number of benzene rings is 1. The first-order valence-electron chi connectivity index (χ1n) is 2.91. The summed E-state index contributed by atoms with van der Waals surface area (Å²) < 4.78 is 35.0. The maximum absolute atomic E-state index is 12.7. The Kier molecular flexibility index (Phi) is 3.54. The van der Waals surface area contributed by atoms with E-state index in [0.29, 0.717) is 4.47 Å². The topological polar surface area (TPSA) is 34.1 Å². The third-order valence-electron chi connectivity index (χ3n) is 1.21. The highest BCUT2D eigenvalue weighted by atomic mass is 79.9. The summed E-state index contributed by atoms with van der Waals surface area (Å²) >= 11 is 9.05. The van der Waals surface area contributed by atoms with Crippen LogP contribution >= 0.6 is 47.8 Å². The molecule has 0 bridgehead atoms. The minimum Gasteiger partial charge on any atom is -0.189 e. The van der Waals surface area contributed by atoms with Gasteiger partial charge in [-0.2, -0.15) is 8.42 Å². The molecular weight excluding hydrogens is 395 g/mol. The molecule has 2 nitrogen and oxygen atoms in total. The second-order valence-electron chi connectivity index (χ2n) is 2.14. The molecule has 0 aromatic heterocycles. The van der Waals surface area contributed by atoms with Gasteiger partial charge in [-0.05, 0) is 44.0 Å². The van der Waals surface area contributed by atoms with Gasteiger partial charge in [0.05, 0.1) is 0 Å². The van der Waals surface area contributed by atoms with Crippen LogP contribution in [0.1, 0.15) is 0 Å². The van der Waals surface area contributed by atoms with E-state index in [2.05, 4.69) is 47.8 Å². The third-order valence-corrected chi connectivity index (χ3v) is 4.37. The van der Waals surface area contributed by atoms with Crippen LogP contribution in [-0.4, -0.2) is 8.42 Å². The zero-order chi connectivity index (χ0) is 10.2. The molecule has 1 rings (SSSR count). The lowest BCUT2D eigenvalue weighted by molar-refractivity contribution is 0.551. The average molecular weight is 397 g/mol. The van der Waals surface area contributed by atoms with Crippen molar-refractivity contribution in [3.63, 3.8) is 0 Å². The first kappa shape index (κ1) is 11.6. The molecule has 0 unspecified atom stereocenters. The summed E-state index contributed by atoms with van der Waals surface area (Å²) in [6.45, 7) is 0. The first-order valence-corrected chi connectivity index (χ1v) is 6.68. The van der Waals surface area contributed by atoms with E-state index in [-0.39, 0.29) is 8.95 Å². The molecule has 1 aromatic carbocycles. The van der Waals surface area contributed by atoms with Gasteiger partial charge in [-0.3, -0.25) is 0 Å². The Balaban J connectivity index is 3.57. The Morgan fingerprint density at radius 1 is 1.08 bits per heavy atom. The Hall–Kier alpha value is 0.540. The van der Waals surface area contributed by atoms with E-state index in [1.165, 1.54) is 12.1 Å². The molecule has 1 aromatic rings. The van der Waals surface area contributed by atoms with E-state index in [1.54, 1.807) is 0 Å². The fourth-order valence-electron chi connectivity index (χ4n) is 0.762. The number of hydrogen-bond donors (Lipinski definition) is 0. The normalized spacial score (nSPS) is 11.7. The highest BCUT2D eigenvalue weighted by molar-refractivity contribution is 9.11. The summed E-state index contributed by atoms with van der Waals surface area (Å²) in [5.41, 5.74) is 0. The van der Waals surface area contributed by atoms with Gasteiger partial charge < -0.3 is 0 Å². The van der Waals surface area contributed by atoms with Crippen LogP contribution in [0.25, 0.3) is 0 Å². The Labute approximate surface area is 100 Å². The number of hydrogen-bond acceptors (Lipinski definition) is 2. The molecule has 0 saturated carbocycles. The number of halogens is 4. The molecule has 7 heteroatoms. The first-order chi connectivity index (χ1) is 5.82. The SMILES string of the molecule is O=S(=O)(F)c1c(Br)cc(Br)cc1Br. The lowest BCUT2D eigenvalue weighted by Crippen LogP contribution is -1.95. The van der Waals surface area contributed by atoms with Crippen LogP contribution in [0.3, 0.4) is 0 Å². The maximum Gasteiger partial charge on any atom is 0.334 e. The van der Waals surface area contributed by atoms with Crippen molar-refractivity contribution in [2.45, 2.75) is 4.90 Å². The zero-order valence-electron chi connectivity index (χ0n) is 5.89. The van der Waals surface area contributed by atoms with Crippen molar-refractivity contribution >= 4 is 58.0 Å². The van der Waals surface area contributed by atoms with Crippen molar-refractivity contribution in [2.24, 2.45) is 0 Å². The monoisotopic (exact) mass is 394 g/mol. The van der Waals surface area contributed by atoms with E-state index in [9.17, 15) is 12.3 Å². The minimum absolute atomic E-state index is 0.177. The van der Waals surface area contributed by atoms with Gasteiger partial charge in [0.1, 0.15) is 4.90 Å². The van der Waals surface area contributed by atoms with Crippen LogP contribution in [0.2, 0.25) is 0 Å². The van der Waals surface area contributed by atoms with Crippen LogP contribution in [0.15, 0.2) is 30.4 Å². The molecule has 0 spiro atoms. The van der Waals surface area contributed by atoms with Gasteiger partial charge in [-0.1, -0.05) is 15.9 Å². The molecule has 0 amide bonds. The van der Waals surface area contributed by atoms with Crippen molar-refractivity contribution in [2.75, 3.05) is 0 Å². The lowest BCUT2D eigenvalue weighted by atomic mass is 10.4. The van der Waals surface area contributed by atoms with Gasteiger partial charge in [-0.15, -0.1) is 3.89 Å². The molecule has 0 heterocycles. The highest BCUT2D eigenvalue weighted by Crippen LogP contribution is 2.34. The zero-order valence-corrected chi connectivity index (χ0v) is 11.5. The Morgan fingerprint density at radius 2 is 1.46 bits per heavy atom. The van der Waals surface area contributed by atoms with Crippen LogP contribution < -0.4 is 0 Å². The number of rotatable bonds is 1. The molecule has 0 aliphatic heterocycles. The standard InChI is InChI=1S/C6H2Br3FO2S/c7-3-1-4(8)6(5(9)2-3)13(10,11)12/h1-2H. The summed E-state index contributed by atoms with van der Waals surface area (Å²) in [7, 11) is -4.70. The summed E-state index contributed by atoms with van der Waals surface area (Å²) in [5.74, 6) is 0. The summed E-state index contributed by atoms with van der Waals surface area (Å²) in [6.07, 6.45) is 0. The van der Waals surface area contributed by atoms with Crippen LogP contribution in [-0.2, 0) is 10.2 Å². The van der Waals surface area contributed by atoms with Gasteiger partial charge in [-0.25, -0.2) is 0 Å². The van der Waals surface area contributed by atoms with Gasteiger partial charge in [0, 0.05) is 13.4 Å². The Bertz CT molecular complexity index is 420. The van der Waals surface area contributed by atoms with E-state index in [0.717, 1.165) is 0 Å². The van der Waals surface area contributed by atoms with Crippen molar-refractivity contribution in [3.8, 4) is 0 Å². The molecule has 0 fully saturated rings. The summed E-state index contributed by atoms with van der Waals surface area (Å²) in [6, 6.07) is 2.91.